The summed E-state index contributed by atoms with van der Waals surface area (Å²) in [5.41, 5.74) is 15.9. The number of Topliss-reactive ketones (excluding diaryl/α,β-unsaturated/α-hetero) is 1. The quantitative estimate of drug-likeness (QED) is 0.0132. The van der Waals surface area contributed by atoms with E-state index in [1.807, 2.05) is 76.5 Å². The van der Waals surface area contributed by atoms with Crippen molar-refractivity contribution in [3.8, 4) is 0 Å². The molecule has 660 valence electrons. The molecular weight excluding hydrogens is 1610 g/mol. The van der Waals surface area contributed by atoms with Gasteiger partial charge in [0.15, 0.2) is 0 Å². The van der Waals surface area contributed by atoms with E-state index in [2.05, 4.69) is 64.9 Å². The fourth-order valence-electron chi connectivity index (χ4n) is 18.6. The van der Waals surface area contributed by atoms with E-state index >= 15 is 0 Å². The monoisotopic (exact) mass is 1730 g/mol. The number of hydrogen-bond donors (Lipinski definition) is 8. The number of ketones is 1. The van der Waals surface area contributed by atoms with Gasteiger partial charge in [0, 0.05) is 165 Å². The number of amides is 8. The maximum atomic E-state index is 14.0. The molecule has 6 aliphatic heterocycles. The van der Waals surface area contributed by atoms with Crippen LogP contribution in [-0.2, 0) is 51.4 Å². The van der Waals surface area contributed by atoms with Gasteiger partial charge in [0.05, 0.1) is 35.4 Å². The van der Waals surface area contributed by atoms with Gasteiger partial charge in [-0.2, -0.15) is 0 Å². The highest BCUT2D eigenvalue weighted by atomic mass is 35.5. The van der Waals surface area contributed by atoms with Crippen LogP contribution in [0.15, 0.2) is 97.6 Å². The number of nitrogens with one attached hydrogen (secondary N) is 4. The fourth-order valence-corrected chi connectivity index (χ4v) is 18.8. The van der Waals surface area contributed by atoms with Crippen molar-refractivity contribution in [3.63, 3.8) is 0 Å². The number of piperidine rings is 2. The molecular formula is C93H121Cl2N15O13. The normalized spacial score (nSPS) is 20.2. The summed E-state index contributed by atoms with van der Waals surface area (Å²) in [6.45, 7) is 12.3. The Bertz CT molecular complexity index is 4680. The molecule has 30 heteroatoms. The van der Waals surface area contributed by atoms with Gasteiger partial charge >= 0.3 is 5.97 Å². The van der Waals surface area contributed by atoms with Gasteiger partial charge in [0.25, 0.3) is 11.8 Å². The van der Waals surface area contributed by atoms with Gasteiger partial charge in [-0.3, -0.25) is 58.6 Å². The Morgan fingerprint density at radius 2 is 0.870 bits per heavy atom. The number of halogens is 2. The molecule has 0 saturated carbocycles. The summed E-state index contributed by atoms with van der Waals surface area (Å²) >= 11 is 12.3. The van der Waals surface area contributed by atoms with Crippen molar-refractivity contribution in [3.05, 3.63) is 164 Å². The van der Waals surface area contributed by atoms with E-state index in [4.69, 9.17) is 34.0 Å². The first-order valence-corrected chi connectivity index (χ1v) is 45.4. The van der Waals surface area contributed by atoms with E-state index in [1.165, 1.54) is 38.3 Å². The SMILES string of the molecule is C[C@@H]1C[C@@H](O)c2ncnc(N3CCN(C(=O)[C@H](CCCCC(=O)CCCCCCCCCNc4cccc5c4CN(C4CCC(=O)NC4=O)C5=O)c4ccc(Cl)cc4)CC3)c21.C[C@@H]1C[C@@H](O)c2ncnc(N3CCN(C(=O)[C@H](CCCCC(=O)O)c4ccc(Cl)cc4)CC3)c21.NCCCCCCCCNc1cccc2c1CN(C1CCC(=O)NC1=O)C2=O. The molecule has 123 heavy (non-hydrogen) atoms. The van der Waals surface area contributed by atoms with Crippen molar-refractivity contribution in [1.29, 1.82) is 0 Å². The molecule has 0 spiro atoms. The van der Waals surface area contributed by atoms with Gasteiger partial charge in [-0.15, -0.1) is 0 Å². The molecule has 2 aliphatic carbocycles. The smallest absolute Gasteiger partial charge is 0.303 e. The zero-order chi connectivity index (χ0) is 87.1. The van der Waals surface area contributed by atoms with Crippen molar-refractivity contribution in [2.45, 2.75) is 255 Å². The number of piperazine rings is 2. The summed E-state index contributed by atoms with van der Waals surface area (Å²) in [7, 11) is 0. The molecule has 2 unspecified atom stereocenters. The Morgan fingerprint density at radius 3 is 1.27 bits per heavy atom. The molecule has 0 bridgehead atoms. The second kappa shape index (κ2) is 45.1. The zero-order valence-electron chi connectivity index (χ0n) is 71.1. The lowest BCUT2D eigenvalue weighted by atomic mass is 9.91. The third kappa shape index (κ3) is 24.1. The van der Waals surface area contributed by atoms with Gasteiger partial charge < -0.3 is 61.1 Å². The molecule has 6 aromatic rings. The van der Waals surface area contributed by atoms with Gasteiger partial charge in [-0.25, -0.2) is 19.9 Å². The summed E-state index contributed by atoms with van der Waals surface area (Å²) in [5, 5.41) is 42.6. The van der Waals surface area contributed by atoms with Gasteiger partial charge in [0.2, 0.25) is 35.4 Å². The minimum absolute atomic E-state index is 0.0639. The summed E-state index contributed by atoms with van der Waals surface area (Å²) < 4.78 is 0. The number of carbonyl (C=O) groups excluding carboxylic acids is 9. The topological polar surface area (TPSA) is 377 Å². The number of anilines is 4. The van der Waals surface area contributed by atoms with E-state index in [1.54, 1.807) is 28.0 Å². The molecule has 0 radical (unpaired) electrons. The number of carboxylic acid groups (broad SMARTS) is 1. The number of benzene rings is 4. The maximum absolute atomic E-state index is 14.0. The molecule has 14 rings (SSSR count). The number of aliphatic hydroxyl groups excluding tert-OH is 2. The molecule has 4 fully saturated rings. The van der Waals surface area contributed by atoms with Crippen LogP contribution in [0.5, 0.6) is 0 Å². The van der Waals surface area contributed by atoms with Crippen molar-refractivity contribution >= 4 is 105 Å². The Kier molecular flexibility index (Phi) is 33.8. The molecule has 28 nitrogen and oxygen atoms in total. The highest BCUT2D eigenvalue weighted by Gasteiger charge is 2.43. The average Bonchev–Trinajstić information content (AvgIpc) is 1.64. The van der Waals surface area contributed by atoms with Crippen molar-refractivity contribution in [2.24, 2.45) is 5.73 Å². The van der Waals surface area contributed by atoms with Crippen LogP contribution in [0.25, 0.3) is 0 Å². The van der Waals surface area contributed by atoms with Crippen molar-refractivity contribution in [1.82, 2.24) is 50.2 Å². The molecule has 4 saturated heterocycles. The number of unbranched alkanes of at least 4 members (excludes halogenated alkanes) is 13. The van der Waals surface area contributed by atoms with Crippen LogP contribution in [0.4, 0.5) is 23.0 Å². The Balaban J connectivity index is 0.000000187. The second-order valence-electron chi connectivity index (χ2n) is 34.0. The summed E-state index contributed by atoms with van der Waals surface area (Å²) in [6, 6.07) is 25.0. The number of nitrogens with two attached hydrogens (primary N) is 1. The largest absolute Gasteiger partial charge is 0.481 e. The highest BCUT2D eigenvalue weighted by Crippen LogP contribution is 2.45. The average molecular weight is 1730 g/mol. The van der Waals surface area contributed by atoms with Crippen LogP contribution in [-0.4, -0.2) is 198 Å². The van der Waals surface area contributed by atoms with Crippen LogP contribution in [0.1, 0.15) is 295 Å². The van der Waals surface area contributed by atoms with Crippen LogP contribution in [0.3, 0.4) is 0 Å². The van der Waals surface area contributed by atoms with Crippen LogP contribution in [0.2, 0.25) is 10.0 Å². The van der Waals surface area contributed by atoms with Crippen LogP contribution >= 0.6 is 23.2 Å². The second-order valence-corrected chi connectivity index (χ2v) is 34.9. The predicted octanol–water partition coefficient (Wildman–Crippen LogP) is 13.1. The van der Waals surface area contributed by atoms with Crippen molar-refractivity contribution < 1.29 is 63.3 Å². The first-order valence-electron chi connectivity index (χ1n) is 44.6. The first-order chi connectivity index (χ1) is 59.5. The molecule has 2 aromatic heterocycles. The van der Waals surface area contributed by atoms with E-state index < -0.39 is 36.2 Å². The standard InChI is InChI=1S/C47H60ClN7O6.C25H31ClN4O4.C21H30N4O3/c1-31-28-40(57)43-42(31)44(51-30-50-43)53-24-26-54(27-25-53)46(60)35(32-17-19-33(48)20-18-32)14-9-8-13-34(56)12-7-5-3-2-4-6-10-23-49-38-16-11-15-36-37(38)29-55(47(36)61)39-21-22-41(58)52-45(39)59;1-16-14-20(31)23-22(16)24(28-15-27-23)29-10-12-30(13-11-29)25(34)19(4-2-3-5-21(32)33)17-6-8-18(26)9-7-17;22-12-5-3-1-2-4-6-13-23-17-9-7-8-15-16(17)14-25(21(15)28)18-10-11-19(26)24-20(18)27/h11,15-20,30-31,35,39-40,49,57H,2-10,12-14,21-29H2,1H3,(H,52,58,59);6-9,15-16,19-20,31H,2-5,10-14H2,1H3,(H,32,33);7-9,18,23H,1-6,10-14,22H2,(H,24,26,27)/t31-,35-,39?,40-;16-,19-,20-;/m11./s1. The lowest BCUT2D eigenvalue weighted by molar-refractivity contribution is -0.138. The predicted molar refractivity (Wildman–Crippen MR) is 471 cm³/mol. The third-order valence-corrected chi connectivity index (χ3v) is 25.9. The number of rotatable bonds is 38. The number of nitrogens with zero attached hydrogens (tertiary/aromatic N) is 10. The van der Waals surface area contributed by atoms with Crippen molar-refractivity contribution in [2.75, 3.05) is 92.4 Å². The number of carboxylic acids is 1. The maximum Gasteiger partial charge on any atom is 0.303 e. The van der Waals surface area contributed by atoms with Gasteiger partial charge in [0.1, 0.15) is 42.2 Å². The van der Waals surface area contributed by atoms with E-state index in [0.29, 0.717) is 157 Å². The minimum Gasteiger partial charge on any atom is -0.481 e. The number of imide groups is 2. The highest BCUT2D eigenvalue weighted by molar-refractivity contribution is 6.31. The molecule has 8 heterocycles. The molecule has 8 atom stereocenters. The van der Waals surface area contributed by atoms with Crippen LogP contribution in [0, 0.1) is 0 Å². The number of carbonyl (C=O) groups is 10. The molecule has 4 aromatic carbocycles. The fraction of sp³-hybridized carbons (Fsp3) is 0.548. The number of hydrogen-bond acceptors (Lipinski definition) is 21. The Hall–Kier alpha value is -10.0. The summed E-state index contributed by atoms with van der Waals surface area (Å²) in [4.78, 5) is 154. The molecule has 8 aliphatic rings. The van der Waals surface area contributed by atoms with Crippen LogP contribution < -0.4 is 36.8 Å². The number of fused-ring (bicyclic) bond motifs is 4. The lowest BCUT2D eigenvalue weighted by Gasteiger charge is -2.38. The minimum atomic E-state index is -0.816. The third-order valence-electron chi connectivity index (χ3n) is 25.4. The summed E-state index contributed by atoms with van der Waals surface area (Å²) in [6.07, 6.45) is 24.2. The lowest BCUT2D eigenvalue weighted by Crippen LogP contribution is -2.52. The van der Waals surface area contributed by atoms with E-state index in [0.717, 1.165) is 158 Å². The van der Waals surface area contributed by atoms with Gasteiger partial charge in [-0.1, -0.05) is 144 Å². The van der Waals surface area contributed by atoms with E-state index in [-0.39, 0.29) is 84.3 Å². The Labute approximate surface area is 731 Å². The number of aliphatic hydroxyl groups is 2. The zero-order valence-corrected chi connectivity index (χ0v) is 72.6. The molecule has 8 amide bonds. The number of aromatic nitrogens is 4. The first kappa shape index (κ1) is 92.2. The Morgan fingerprint density at radius 1 is 0.488 bits per heavy atom. The summed E-state index contributed by atoms with van der Waals surface area (Å²) in [5.74, 6) is -0.474. The number of aliphatic carboxylic acids is 1. The van der Waals surface area contributed by atoms with E-state index in [9.17, 15) is 58.2 Å². The molecule has 9 N–H and O–H groups in total. The van der Waals surface area contributed by atoms with Gasteiger partial charge in [-0.05, 0) is 155 Å².